The molecule has 2 aromatic rings. The number of benzene rings is 1. The molecule has 1 N–H and O–H groups in total. The first-order valence-corrected chi connectivity index (χ1v) is 7.39. The smallest absolute Gasteiger partial charge is 0.238 e. The van der Waals surface area contributed by atoms with Crippen LogP contribution in [0.25, 0.3) is 0 Å². The van der Waals surface area contributed by atoms with Gasteiger partial charge in [0.05, 0.1) is 17.3 Å². The molecule has 2 rings (SSSR count). The van der Waals surface area contributed by atoms with Gasteiger partial charge in [0.15, 0.2) is 0 Å². The Bertz CT molecular complexity index is 588. The molecule has 0 radical (unpaired) electrons. The van der Waals surface area contributed by atoms with Gasteiger partial charge in [-0.2, -0.15) is 0 Å². The van der Waals surface area contributed by atoms with Crippen LogP contribution in [0.5, 0.6) is 5.75 Å². The van der Waals surface area contributed by atoms with E-state index in [0.29, 0.717) is 5.75 Å². The van der Waals surface area contributed by atoms with Crippen molar-refractivity contribution in [1.29, 1.82) is 0 Å². The Hall–Kier alpha value is -1.80. The van der Waals surface area contributed by atoms with E-state index in [-0.39, 0.29) is 24.1 Å². The summed E-state index contributed by atoms with van der Waals surface area (Å²) < 4.78 is 30.5. The second kappa shape index (κ2) is 6.58. The van der Waals surface area contributed by atoms with Crippen LogP contribution in [0.3, 0.4) is 0 Å². The van der Waals surface area contributed by atoms with Crippen LogP contribution in [0.4, 0.5) is 4.39 Å². The van der Waals surface area contributed by atoms with Crippen LogP contribution in [0.2, 0.25) is 0 Å². The molecule has 0 fully saturated rings. The molecule has 0 amide bonds. The molecule has 1 heterocycles. The maximum Gasteiger partial charge on any atom is 0.238 e. The van der Waals surface area contributed by atoms with Gasteiger partial charge in [0.25, 0.3) is 0 Å². The number of aliphatic hydroxyl groups is 1. The van der Waals surface area contributed by atoms with Gasteiger partial charge in [0, 0.05) is 6.26 Å². The van der Waals surface area contributed by atoms with E-state index in [1.807, 2.05) is 0 Å². The van der Waals surface area contributed by atoms with E-state index in [0.717, 1.165) is 0 Å². The molecule has 2 atom stereocenters. The lowest BCUT2D eigenvalue weighted by Gasteiger charge is -2.12. The van der Waals surface area contributed by atoms with Crippen molar-refractivity contribution < 1.29 is 18.4 Å². The Labute approximate surface area is 117 Å². The summed E-state index contributed by atoms with van der Waals surface area (Å²) in [4.78, 5) is 3.85. The molecule has 108 valence electrons. The van der Waals surface area contributed by atoms with Crippen molar-refractivity contribution in [1.82, 2.24) is 14.8 Å². The minimum absolute atomic E-state index is 0.0377. The maximum atomic E-state index is 12.7. The quantitative estimate of drug-likeness (QED) is 0.845. The Morgan fingerprint density at radius 3 is 2.75 bits per heavy atom. The van der Waals surface area contributed by atoms with E-state index in [2.05, 4.69) is 10.1 Å². The number of aliphatic hydroxyl groups excluding tert-OH is 1. The summed E-state index contributed by atoms with van der Waals surface area (Å²) in [5.74, 6) is 0.125. The molecule has 0 aliphatic heterocycles. The summed E-state index contributed by atoms with van der Waals surface area (Å²) in [7, 11) is -1.25. The molecule has 0 aliphatic rings. The molecule has 0 bridgehead atoms. The van der Waals surface area contributed by atoms with Crippen LogP contribution >= 0.6 is 0 Å². The minimum Gasteiger partial charge on any atom is -0.491 e. The first kappa shape index (κ1) is 14.6. The Balaban J connectivity index is 1.84. The predicted molar refractivity (Wildman–Crippen MR) is 70.3 cm³/mol. The predicted octanol–water partition coefficient (Wildman–Crippen LogP) is 0.594. The zero-order valence-corrected chi connectivity index (χ0v) is 11.6. The average molecular weight is 299 g/mol. The Morgan fingerprint density at radius 2 is 2.15 bits per heavy atom. The number of aromatic nitrogens is 3. The number of ether oxygens (including phenoxy) is 1. The van der Waals surface area contributed by atoms with Crippen LogP contribution in [-0.2, 0) is 17.3 Å². The summed E-state index contributed by atoms with van der Waals surface area (Å²) in [5.41, 5.74) is 0. The first-order chi connectivity index (χ1) is 9.54. The molecular formula is C12H14FN3O3S. The van der Waals surface area contributed by atoms with E-state index in [1.54, 1.807) is 0 Å². The van der Waals surface area contributed by atoms with Crippen LogP contribution in [0.15, 0.2) is 35.7 Å². The van der Waals surface area contributed by atoms with Crippen LogP contribution in [-0.4, -0.2) is 43.0 Å². The molecule has 2 unspecified atom stereocenters. The summed E-state index contributed by atoms with van der Waals surface area (Å²) in [5, 5.41) is 14.0. The zero-order chi connectivity index (χ0) is 14.5. The van der Waals surface area contributed by atoms with Crippen molar-refractivity contribution in [2.24, 2.45) is 0 Å². The fraction of sp³-hybridized carbons (Fsp3) is 0.333. The molecule has 0 saturated heterocycles. The van der Waals surface area contributed by atoms with Crippen LogP contribution in [0, 0.1) is 5.82 Å². The van der Waals surface area contributed by atoms with Gasteiger partial charge in [-0.05, 0) is 24.3 Å². The second-order valence-corrected chi connectivity index (χ2v) is 5.40. The fourth-order valence-corrected chi connectivity index (χ4v) is 1.90. The molecule has 8 heteroatoms. The maximum absolute atomic E-state index is 12.7. The van der Waals surface area contributed by atoms with Gasteiger partial charge in [-0.1, -0.05) is 0 Å². The molecular weight excluding hydrogens is 285 g/mol. The molecule has 0 saturated carbocycles. The third-order valence-electron chi connectivity index (χ3n) is 2.43. The fourth-order valence-electron chi connectivity index (χ4n) is 1.49. The SMILES string of the molecule is CS(=O)c1ncn(CC(O)COc2ccc(F)cc2)n1. The van der Waals surface area contributed by atoms with E-state index in [9.17, 15) is 13.7 Å². The van der Waals surface area contributed by atoms with E-state index in [4.69, 9.17) is 4.74 Å². The van der Waals surface area contributed by atoms with Gasteiger partial charge in [-0.25, -0.2) is 14.1 Å². The molecule has 0 aliphatic carbocycles. The number of halogens is 1. The van der Waals surface area contributed by atoms with Crippen molar-refractivity contribution >= 4 is 10.8 Å². The lowest BCUT2D eigenvalue weighted by molar-refractivity contribution is 0.0889. The lowest BCUT2D eigenvalue weighted by Crippen LogP contribution is -2.24. The summed E-state index contributed by atoms with van der Waals surface area (Å²) in [6.07, 6.45) is 2.07. The van der Waals surface area contributed by atoms with Crippen molar-refractivity contribution in [2.75, 3.05) is 12.9 Å². The van der Waals surface area contributed by atoms with Gasteiger partial charge in [0.2, 0.25) is 5.16 Å². The number of nitrogens with zero attached hydrogens (tertiary/aromatic N) is 3. The van der Waals surface area contributed by atoms with Crippen molar-refractivity contribution in [2.45, 2.75) is 17.8 Å². The normalized spacial score (nSPS) is 13.9. The average Bonchev–Trinajstić information content (AvgIpc) is 2.87. The number of rotatable bonds is 6. The van der Waals surface area contributed by atoms with E-state index in [1.165, 1.54) is 41.5 Å². The summed E-state index contributed by atoms with van der Waals surface area (Å²) in [6, 6.07) is 5.52. The third-order valence-corrected chi connectivity index (χ3v) is 3.13. The number of hydrogen-bond acceptors (Lipinski definition) is 5. The molecule has 6 nitrogen and oxygen atoms in total. The topological polar surface area (TPSA) is 77.2 Å². The van der Waals surface area contributed by atoms with Crippen LogP contribution < -0.4 is 4.74 Å². The Kier molecular flexibility index (Phi) is 4.80. The highest BCUT2D eigenvalue weighted by Gasteiger charge is 2.10. The van der Waals surface area contributed by atoms with Crippen molar-refractivity contribution in [3.05, 3.63) is 36.4 Å². The summed E-state index contributed by atoms with van der Waals surface area (Å²) >= 11 is 0. The van der Waals surface area contributed by atoms with Gasteiger partial charge >= 0.3 is 0 Å². The lowest BCUT2D eigenvalue weighted by atomic mass is 10.3. The van der Waals surface area contributed by atoms with Crippen molar-refractivity contribution in [3.63, 3.8) is 0 Å². The van der Waals surface area contributed by atoms with E-state index >= 15 is 0 Å². The second-order valence-electron chi connectivity index (χ2n) is 4.12. The zero-order valence-electron chi connectivity index (χ0n) is 10.8. The molecule has 0 spiro atoms. The van der Waals surface area contributed by atoms with Gasteiger partial charge < -0.3 is 9.84 Å². The summed E-state index contributed by atoms with van der Waals surface area (Å²) in [6.45, 7) is 0.210. The third kappa shape index (κ3) is 4.10. The molecule has 1 aromatic carbocycles. The standard InChI is InChI=1S/C12H14FN3O3S/c1-20(18)12-14-8-16(15-12)6-10(17)7-19-11-4-2-9(13)3-5-11/h2-5,8,10,17H,6-7H2,1H3. The first-order valence-electron chi connectivity index (χ1n) is 5.84. The van der Waals surface area contributed by atoms with Gasteiger partial charge in [-0.3, -0.25) is 4.21 Å². The van der Waals surface area contributed by atoms with Gasteiger partial charge in [0.1, 0.15) is 30.6 Å². The Morgan fingerprint density at radius 1 is 1.45 bits per heavy atom. The van der Waals surface area contributed by atoms with Gasteiger partial charge in [-0.15, -0.1) is 5.10 Å². The molecule has 1 aromatic heterocycles. The number of hydrogen-bond donors (Lipinski definition) is 1. The van der Waals surface area contributed by atoms with Crippen molar-refractivity contribution in [3.8, 4) is 5.75 Å². The molecule has 20 heavy (non-hydrogen) atoms. The van der Waals surface area contributed by atoms with E-state index < -0.39 is 16.9 Å². The largest absolute Gasteiger partial charge is 0.491 e. The van der Waals surface area contributed by atoms with Crippen LogP contribution in [0.1, 0.15) is 0 Å². The highest BCUT2D eigenvalue weighted by Crippen LogP contribution is 2.11. The highest BCUT2D eigenvalue weighted by atomic mass is 32.2. The minimum atomic E-state index is -1.25. The highest BCUT2D eigenvalue weighted by molar-refractivity contribution is 7.84. The monoisotopic (exact) mass is 299 g/mol.